The Bertz CT molecular complexity index is 325. The zero-order valence-electron chi connectivity index (χ0n) is 11.7. The van der Waals surface area contributed by atoms with E-state index in [1.165, 1.54) is 44.9 Å². The molecule has 2 aliphatic carbocycles. The Morgan fingerprint density at radius 3 is 2.74 bits per heavy atom. The van der Waals surface area contributed by atoms with Crippen molar-refractivity contribution < 1.29 is 9.47 Å². The second-order valence-electron chi connectivity index (χ2n) is 6.40. The second-order valence-corrected chi connectivity index (χ2v) is 7.12. The molecule has 0 amide bonds. The van der Waals surface area contributed by atoms with Crippen LogP contribution in [0.25, 0.3) is 0 Å². The molecule has 4 atom stereocenters. The third-order valence-electron chi connectivity index (χ3n) is 5.25. The van der Waals surface area contributed by atoms with Crippen molar-refractivity contribution in [3.63, 3.8) is 0 Å². The minimum atomic E-state index is 0.0687. The molecule has 3 heteroatoms. The first kappa shape index (κ1) is 14.3. The quantitative estimate of drug-likeness (QED) is 0.655. The van der Waals surface area contributed by atoms with Gasteiger partial charge >= 0.3 is 0 Å². The summed E-state index contributed by atoms with van der Waals surface area (Å²) in [6.45, 7) is 0.886. The second kappa shape index (κ2) is 6.44. The van der Waals surface area contributed by atoms with Gasteiger partial charge in [-0.3, -0.25) is 0 Å². The van der Waals surface area contributed by atoms with Crippen LogP contribution >= 0.6 is 22.6 Å². The molecule has 3 rings (SSSR count). The summed E-state index contributed by atoms with van der Waals surface area (Å²) in [5.41, 5.74) is 0.106. The van der Waals surface area contributed by atoms with E-state index in [-0.39, 0.29) is 11.9 Å². The predicted octanol–water partition coefficient (Wildman–Crippen LogP) is 4.82. The van der Waals surface area contributed by atoms with Crippen molar-refractivity contribution >= 4 is 22.6 Å². The van der Waals surface area contributed by atoms with Crippen molar-refractivity contribution in [1.82, 2.24) is 0 Å². The van der Waals surface area contributed by atoms with E-state index in [2.05, 4.69) is 32.7 Å². The molecule has 2 nitrogen and oxygen atoms in total. The fourth-order valence-corrected chi connectivity index (χ4v) is 4.56. The first-order valence-electron chi connectivity index (χ1n) is 7.89. The molecule has 19 heavy (non-hydrogen) atoms. The summed E-state index contributed by atoms with van der Waals surface area (Å²) >= 11 is 2.32. The highest BCUT2D eigenvalue weighted by atomic mass is 127. The van der Waals surface area contributed by atoms with E-state index in [4.69, 9.17) is 9.47 Å². The van der Waals surface area contributed by atoms with Gasteiger partial charge in [-0.25, -0.2) is 0 Å². The summed E-state index contributed by atoms with van der Waals surface area (Å²) in [7, 11) is 0. The normalized spacial score (nSPS) is 42.9. The first-order valence-corrected chi connectivity index (χ1v) is 9.13. The van der Waals surface area contributed by atoms with E-state index in [0.717, 1.165) is 31.3 Å². The van der Waals surface area contributed by atoms with Gasteiger partial charge in [-0.05, 0) is 60.9 Å². The fraction of sp³-hybridized carbons (Fsp3) is 0.875. The smallest absolute Gasteiger partial charge is 0.158 e. The van der Waals surface area contributed by atoms with Crippen molar-refractivity contribution in [3.05, 3.63) is 10.2 Å². The summed E-state index contributed by atoms with van der Waals surface area (Å²) in [5.74, 6) is 1.72. The lowest BCUT2D eigenvalue weighted by molar-refractivity contribution is -0.285. The Morgan fingerprint density at radius 2 is 2.00 bits per heavy atom. The van der Waals surface area contributed by atoms with Gasteiger partial charge in [0.2, 0.25) is 0 Å². The number of fused-ring (bicyclic) bond motifs is 1. The molecule has 0 radical (unpaired) electrons. The van der Waals surface area contributed by atoms with Gasteiger partial charge in [0.05, 0.1) is 5.60 Å². The van der Waals surface area contributed by atoms with Crippen LogP contribution < -0.4 is 0 Å². The summed E-state index contributed by atoms with van der Waals surface area (Å²) in [6, 6.07) is 0. The molecule has 1 aliphatic heterocycles. The van der Waals surface area contributed by atoms with Crippen molar-refractivity contribution in [2.75, 3.05) is 6.61 Å². The molecule has 0 N–H and O–H groups in total. The molecule has 3 aliphatic rings. The van der Waals surface area contributed by atoms with Gasteiger partial charge < -0.3 is 9.47 Å². The zero-order chi connectivity index (χ0) is 13.1. The van der Waals surface area contributed by atoms with Crippen LogP contribution in [0.3, 0.4) is 0 Å². The summed E-state index contributed by atoms with van der Waals surface area (Å²) in [6.07, 6.45) is 13.9. The van der Waals surface area contributed by atoms with E-state index in [1.54, 1.807) is 0 Å². The molecule has 0 aromatic rings. The fourth-order valence-electron chi connectivity index (χ4n) is 4.31. The Balaban J connectivity index is 1.66. The van der Waals surface area contributed by atoms with E-state index >= 15 is 0 Å². The lowest BCUT2D eigenvalue weighted by atomic mass is 9.54. The van der Waals surface area contributed by atoms with Crippen LogP contribution in [-0.2, 0) is 9.47 Å². The first-order chi connectivity index (χ1) is 9.34. The maximum absolute atomic E-state index is 6.51. The zero-order valence-corrected chi connectivity index (χ0v) is 13.8. The highest BCUT2D eigenvalue weighted by Gasteiger charge is 2.55. The molecule has 0 aromatic heterocycles. The highest BCUT2D eigenvalue weighted by molar-refractivity contribution is 14.1. The van der Waals surface area contributed by atoms with Crippen LogP contribution in [0.5, 0.6) is 0 Å². The van der Waals surface area contributed by atoms with Gasteiger partial charge in [0.25, 0.3) is 0 Å². The Kier molecular flexibility index (Phi) is 4.86. The lowest BCUT2D eigenvalue weighted by Gasteiger charge is -2.58. The molecular weight excluding hydrogens is 351 g/mol. The number of ether oxygens (including phenoxy) is 2. The van der Waals surface area contributed by atoms with Crippen LogP contribution in [-0.4, -0.2) is 18.5 Å². The van der Waals surface area contributed by atoms with Crippen LogP contribution in [0.2, 0.25) is 0 Å². The minimum Gasteiger partial charge on any atom is -0.353 e. The van der Waals surface area contributed by atoms with Crippen molar-refractivity contribution in [3.8, 4) is 0 Å². The Morgan fingerprint density at radius 1 is 1.16 bits per heavy atom. The number of rotatable bonds is 4. The van der Waals surface area contributed by atoms with Crippen LogP contribution in [0.1, 0.15) is 57.8 Å². The molecule has 4 unspecified atom stereocenters. The van der Waals surface area contributed by atoms with Crippen LogP contribution in [0.4, 0.5) is 0 Å². The molecule has 0 bridgehead atoms. The molecular formula is C16H25IO2. The Hall–Kier alpha value is 0.390. The molecule has 0 spiro atoms. The Labute approximate surface area is 130 Å². The van der Waals surface area contributed by atoms with E-state index in [0.29, 0.717) is 0 Å². The molecule has 1 heterocycles. The monoisotopic (exact) mass is 376 g/mol. The molecule has 2 saturated carbocycles. The molecule has 3 fully saturated rings. The van der Waals surface area contributed by atoms with Gasteiger partial charge in [-0.2, -0.15) is 0 Å². The van der Waals surface area contributed by atoms with Gasteiger partial charge in [0.1, 0.15) is 0 Å². The van der Waals surface area contributed by atoms with E-state index in [9.17, 15) is 0 Å². The van der Waals surface area contributed by atoms with Gasteiger partial charge in [-0.15, -0.1) is 0 Å². The molecule has 108 valence electrons. The molecule has 1 saturated heterocycles. The van der Waals surface area contributed by atoms with Crippen LogP contribution in [0, 0.1) is 11.8 Å². The van der Waals surface area contributed by atoms with Crippen molar-refractivity contribution in [1.29, 1.82) is 0 Å². The number of halogens is 1. The summed E-state index contributed by atoms with van der Waals surface area (Å²) in [5, 5.41) is 0. The lowest BCUT2D eigenvalue weighted by Crippen LogP contribution is -2.58. The topological polar surface area (TPSA) is 18.5 Å². The third kappa shape index (κ3) is 3.03. The van der Waals surface area contributed by atoms with E-state index in [1.807, 2.05) is 0 Å². The van der Waals surface area contributed by atoms with Crippen molar-refractivity contribution in [2.24, 2.45) is 11.8 Å². The van der Waals surface area contributed by atoms with Crippen LogP contribution in [0.15, 0.2) is 10.2 Å². The average molecular weight is 376 g/mol. The van der Waals surface area contributed by atoms with Gasteiger partial charge in [-0.1, -0.05) is 41.5 Å². The van der Waals surface area contributed by atoms with Crippen molar-refractivity contribution in [2.45, 2.75) is 69.7 Å². The van der Waals surface area contributed by atoms with E-state index < -0.39 is 0 Å². The summed E-state index contributed by atoms with van der Waals surface area (Å²) in [4.78, 5) is 0. The maximum atomic E-state index is 6.51. The minimum absolute atomic E-state index is 0.0687. The largest absolute Gasteiger partial charge is 0.353 e. The van der Waals surface area contributed by atoms with Gasteiger partial charge in [0, 0.05) is 6.61 Å². The average Bonchev–Trinajstić information content (AvgIpc) is 2.44. The predicted molar refractivity (Wildman–Crippen MR) is 85.2 cm³/mol. The molecule has 0 aromatic carbocycles. The SMILES string of the molecule is IC=CCC1(OC2CCCCO2)CC2CCCCC21. The standard InChI is InChI=1S/C16H25IO2/c17-10-5-9-16(19-15-8-3-4-11-18-15)12-13-6-1-2-7-14(13)16/h5,10,13-15H,1-4,6-9,11-12H2. The third-order valence-corrected chi connectivity index (χ3v) is 5.76. The van der Waals surface area contributed by atoms with Gasteiger partial charge in [0.15, 0.2) is 6.29 Å². The highest BCUT2D eigenvalue weighted by Crippen LogP contribution is 2.56. The number of hydrogen-bond donors (Lipinski definition) is 0. The maximum Gasteiger partial charge on any atom is 0.158 e. The number of hydrogen-bond acceptors (Lipinski definition) is 2. The summed E-state index contributed by atoms with van der Waals surface area (Å²) < 4.78 is 14.5.